The molecule has 1 aliphatic heterocycles. The van der Waals surface area contributed by atoms with Crippen LogP contribution < -0.4 is 0 Å². The van der Waals surface area contributed by atoms with Gasteiger partial charge in [0.15, 0.2) is 0 Å². The van der Waals surface area contributed by atoms with Gasteiger partial charge in [0.1, 0.15) is 11.5 Å². The molecule has 1 fully saturated rings. The summed E-state index contributed by atoms with van der Waals surface area (Å²) in [4.78, 5) is 16.5. The highest BCUT2D eigenvalue weighted by Crippen LogP contribution is 2.27. The van der Waals surface area contributed by atoms with Gasteiger partial charge in [-0.05, 0) is 58.2 Å². The summed E-state index contributed by atoms with van der Waals surface area (Å²) in [6.07, 6.45) is 6.31. The molecular weight excluding hydrogens is 399 g/mol. The minimum Gasteiger partial charge on any atom is -0.386 e. The van der Waals surface area contributed by atoms with Gasteiger partial charge in [-0.3, -0.25) is 9.80 Å². The van der Waals surface area contributed by atoms with Gasteiger partial charge >= 0.3 is 0 Å². The Balaban J connectivity index is 1.89. The van der Waals surface area contributed by atoms with Gasteiger partial charge in [0.25, 0.3) is 5.91 Å². The third kappa shape index (κ3) is 4.99. The molecule has 3 rings (SSSR count). The number of hydrogen-bond donors (Lipinski definition) is 1. The van der Waals surface area contributed by atoms with Crippen LogP contribution in [-0.2, 0) is 0 Å². The van der Waals surface area contributed by atoms with Crippen molar-refractivity contribution in [1.82, 2.24) is 24.9 Å². The van der Waals surface area contributed by atoms with Crippen LogP contribution in [0.15, 0.2) is 47.5 Å². The minimum absolute atomic E-state index is 0.00161. The Morgan fingerprint density at radius 1 is 1.35 bits per heavy atom. The number of aromatic nitrogens is 3. The molecule has 1 N–H and O–H groups in total. The molecule has 0 bridgehead atoms. The number of piperidine rings is 1. The van der Waals surface area contributed by atoms with E-state index in [2.05, 4.69) is 22.0 Å². The number of nitrogens with zero attached hydrogens (tertiary/aromatic N) is 6. The number of amides is 1. The monoisotopic (exact) mass is 428 g/mol. The highest BCUT2D eigenvalue weighted by atomic mass is 19.1. The Bertz CT molecular complexity index is 967. The Hall–Kier alpha value is -3.07. The van der Waals surface area contributed by atoms with E-state index in [9.17, 15) is 14.3 Å². The maximum atomic E-state index is 13.9. The van der Waals surface area contributed by atoms with E-state index in [0.29, 0.717) is 17.8 Å². The molecule has 1 amide bonds. The molecule has 0 aliphatic carbocycles. The van der Waals surface area contributed by atoms with Gasteiger partial charge in [0.05, 0.1) is 29.6 Å². The third-order valence-corrected chi connectivity index (χ3v) is 5.77. The first-order valence-corrected chi connectivity index (χ1v) is 10.2. The van der Waals surface area contributed by atoms with E-state index in [4.69, 9.17) is 0 Å². The molecule has 1 aliphatic rings. The molecule has 2 heterocycles. The zero-order valence-corrected chi connectivity index (χ0v) is 18.4. The summed E-state index contributed by atoms with van der Waals surface area (Å²) in [5, 5.41) is 24.2. The lowest BCUT2D eigenvalue weighted by atomic mass is 9.96. The van der Waals surface area contributed by atoms with Gasteiger partial charge in [0.2, 0.25) is 0 Å². The van der Waals surface area contributed by atoms with E-state index in [-0.39, 0.29) is 18.0 Å². The van der Waals surface area contributed by atoms with Crippen molar-refractivity contribution < 1.29 is 14.3 Å². The van der Waals surface area contributed by atoms with E-state index < -0.39 is 11.4 Å². The lowest BCUT2D eigenvalue weighted by molar-refractivity contribution is 0.0498. The maximum Gasteiger partial charge on any atom is 0.256 e. The maximum absolute atomic E-state index is 13.9. The largest absolute Gasteiger partial charge is 0.386 e. The lowest BCUT2D eigenvalue weighted by Gasteiger charge is -2.41. The number of likely N-dealkylation sites (tertiary alicyclic amines) is 1. The predicted molar refractivity (Wildman–Crippen MR) is 116 cm³/mol. The van der Waals surface area contributed by atoms with Gasteiger partial charge in [-0.2, -0.15) is 20.1 Å². The Morgan fingerprint density at radius 3 is 2.65 bits per heavy atom. The summed E-state index contributed by atoms with van der Waals surface area (Å²) in [5.74, 6) is -0.695. The van der Waals surface area contributed by atoms with E-state index in [1.165, 1.54) is 35.4 Å². The van der Waals surface area contributed by atoms with Gasteiger partial charge in [-0.1, -0.05) is 0 Å². The number of rotatable bonds is 6. The van der Waals surface area contributed by atoms with Crippen molar-refractivity contribution in [3.05, 3.63) is 53.7 Å². The van der Waals surface area contributed by atoms with Crippen molar-refractivity contribution in [2.24, 2.45) is 5.10 Å². The Labute approximate surface area is 181 Å². The quantitative estimate of drug-likeness (QED) is 0.565. The number of benzene rings is 1. The smallest absolute Gasteiger partial charge is 0.256 e. The zero-order chi connectivity index (χ0) is 22.8. The van der Waals surface area contributed by atoms with Crippen LogP contribution in [0.5, 0.6) is 0 Å². The number of carbonyl (C=O) groups excluding carboxylic acids is 1. The van der Waals surface area contributed by atoms with Crippen LogP contribution in [0.25, 0.3) is 5.69 Å². The van der Waals surface area contributed by atoms with Crippen LogP contribution in [0.2, 0.25) is 0 Å². The summed E-state index contributed by atoms with van der Waals surface area (Å²) in [6.45, 7) is 11.3. The minimum atomic E-state index is -0.986. The molecule has 2 aromatic rings. The van der Waals surface area contributed by atoms with Crippen LogP contribution in [0.1, 0.15) is 50.9 Å². The van der Waals surface area contributed by atoms with Crippen LogP contribution in [0, 0.1) is 5.82 Å². The van der Waals surface area contributed by atoms with Gasteiger partial charge in [-0.25, -0.2) is 4.39 Å². The van der Waals surface area contributed by atoms with Crippen molar-refractivity contribution in [2.45, 2.75) is 58.2 Å². The van der Waals surface area contributed by atoms with Crippen LogP contribution >= 0.6 is 0 Å². The fourth-order valence-corrected chi connectivity index (χ4v) is 3.55. The van der Waals surface area contributed by atoms with Gasteiger partial charge in [0, 0.05) is 31.6 Å². The first kappa shape index (κ1) is 22.6. The molecular formula is C22H29FN6O2. The summed E-state index contributed by atoms with van der Waals surface area (Å²) < 4.78 is 13.9. The summed E-state index contributed by atoms with van der Waals surface area (Å²) in [7, 11) is 0. The lowest BCUT2D eigenvalue weighted by Crippen LogP contribution is -2.51. The number of hydrogen-bond acceptors (Lipinski definition) is 6. The number of carbonyl (C=O) groups is 1. The number of aliphatic hydroxyl groups is 1. The molecule has 0 spiro atoms. The van der Waals surface area contributed by atoms with E-state index in [0.717, 1.165) is 18.4 Å². The zero-order valence-electron chi connectivity index (χ0n) is 18.4. The molecule has 0 saturated carbocycles. The van der Waals surface area contributed by atoms with Crippen molar-refractivity contribution in [3.8, 4) is 5.69 Å². The average molecular weight is 429 g/mol. The molecule has 0 unspecified atom stereocenters. The molecule has 1 saturated heterocycles. The standard InChI is InChI=1S/C22H29FN6O2/c1-15(22(3,4)31)13-28(24-5)18-8-6-16(2)27(14-18)21(30)19-9-7-17(23)12-20(19)29-25-10-11-26-29/h7,9-13,16,18,31H,5-6,8,14H2,1-4H3/b15-13+/t16-,18-/m1/s1. The first-order chi connectivity index (χ1) is 14.6. The topological polar surface area (TPSA) is 86.9 Å². The second-order valence-corrected chi connectivity index (χ2v) is 8.41. The predicted octanol–water partition coefficient (Wildman–Crippen LogP) is 2.99. The highest BCUT2D eigenvalue weighted by molar-refractivity contribution is 5.98. The molecule has 8 nitrogen and oxygen atoms in total. The molecule has 1 aromatic carbocycles. The van der Waals surface area contributed by atoms with Crippen molar-refractivity contribution in [3.63, 3.8) is 0 Å². The molecule has 166 valence electrons. The summed E-state index contributed by atoms with van der Waals surface area (Å²) in [5.41, 5.74) is 0.370. The van der Waals surface area contributed by atoms with Crippen molar-refractivity contribution in [1.29, 1.82) is 0 Å². The molecule has 9 heteroatoms. The van der Waals surface area contributed by atoms with E-state index in [1.54, 1.807) is 30.0 Å². The van der Waals surface area contributed by atoms with Crippen molar-refractivity contribution in [2.75, 3.05) is 6.54 Å². The normalized spacial score (nSPS) is 19.9. The van der Waals surface area contributed by atoms with Gasteiger partial charge in [-0.15, -0.1) is 0 Å². The summed E-state index contributed by atoms with van der Waals surface area (Å²) in [6, 6.07) is 3.89. The molecule has 1 aromatic heterocycles. The Morgan fingerprint density at radius 2 is 2.03 bits per heavy atom. The Kier molecular flexibility index (Phi) is 6.54. The number of halogens is 1. The average Bonchev–Trinajstić information content (AvgIpc) is 3.26. The fourth-order valence-electron chi connectivity index (χ4n) is 3.55. The van der Waals surface area contributed by atoms with Crippen LogP contribution in [0.3, 0.4) is 0 Å². The SMILES string of the molecule is C=NN(/C=C(\C)C(C)(C)O)[C@@H]1CC[C@@H](C)N(C(=O)c2ccc(F)cc2-n2nccn2)C1. The molecule has 2 atom stereocenters. The third-order valence-electron chi connectivity index (χ3n) is 5.77. The van der Waals surface area contributed by atoms with Crippen LogP contribution in [-0.4, -0.2) is 66.9 Å². The fraction of sp³-hybridized carbons (Fsp3) is 0.455. The summed E-state index contributed by atoms with van der Waals surface area (Å²) >= 11 is 0. The molecule has 0 radical (unpaired) electrons. The first-order valence-electron chi connectivity index (χ1n) is 10.2. The van der Waals surface area contributed by atoms with E-state index >= 15 is 0 Å². The molecule has 31 heavy (non-hydrogen) atoms. The van der Waals surface area contributed by atoms with E-state index in [1.807, 2.05) is 13.8 Å². The van der Waals surface area contributed by atoms with Gasteiger partial charge < -0.3 is 10.0 Å². The van der Waals surface area contributed by atoms with Crippen molar-refractivity contribution >= 4 is 12.6 Å². The second kappa shape index (κ2) is 8.97. The van der Waals surface area contributed by atoms with Crippen LogP contribution in [0.4, 0.5) is 4.39 Å². The number of hydrazone groups is 1. The highest BCUT2D eigenvalue weighted by Gasteiger charge is 2.33. The second-order valence-electron chi connectivity index (χ2n) is 8.41.